The molecule has 0 saturated carbocycles. The van der Waals surface area contributed by atoms with E-state index in [9.17, 15) is 9.18 Å². The first-order chi connectivity index (χ1) is 9.88. The Hall–Kier alpha value is -2.23. The Morgan fingerprint density at radius 3 is 2.43 bits per heavy atom. The summed E-state index contributed by atoms with van der Waals surface area (Å²) in [7, 11) is 0. The van der Waals surface area contributed by atoms with E-state index in [4.69, 9.17) is 0 Å². The van der Waals surface area contributed by atoms with Gasteiger partial charge in [0.1, 0.15) is 0 Å². The lowest BCUT2D eigenvalue weighted by Gasteiger charge is -2.32. The van der Waals surface area contributed by atoms with E-state index in [0.29, 0.717) is 0 Å². The molecule has 1 heterocycles. The molecule has 0 aliphatic rings. The molecule has 0 radical (unpaired) electrons. The summed E-state index contributed by atoms with van der Waals surface area (Å²) in [4.78, 5) is 15.8. The second-order valence-electron chi connectivity index (χ2n) is 6.05. The fourth-order valence-corrected chi connectivity index (χ4v) is 2.20. The summed E-state index contributed by atoms with van der Waals surface area (Å²) in [6.45, 7) is 6.16. The summed E-state index contributed by atoms with van der Waals surface area (Å²) in [6, 6.07) is 12.2. The third-order valence-corrected chi connectivity index (χ3v) is 3.26. The zero-order valence-corrected chi connectivity index (χ0v) is 12.4. The second-order valence-corrected chi connectivity index (χ2v) is 6.05. The van der Waals surface area contributed by atoms with Gasteiger partial charge in [-0.25, -0.2) is 4.98 Å². The first-order valence-corrected chi connectivity index (χ1v) is 6.85. The number of nitrogens with zero attached hydrogens (tertiary/aromatic N) is 1. The van der Waals surface area contributed by atoms with Crippen molar-refractivity contribution in [3.05, 3.63) is 65.7 Å². The minimum Gasteiger partial charge on any atom is -0.345 e. The first-order valence-electron chi connectivity index (χ1n) is 6.85. The van der Waals surface area contributed by atoms with Crippen LogP contribution in [0.2, 0.25) is 0 Å². The van der Waals surface area contributed by atoms with Gasteiger partial charge >= 0.3 is 0 Å². The van der Waals surface area contributed by atoms with Crippen LogP contribution in [0.1, 0.15) is 42.7 Å². The summed E-state index contributed by atoms with van der Waals surface area (Å²) < 4.78 is 13.1. The molecule has 1 N–H and O–H groups in total. The second kappa shape index (κ2) is 6.04. The molecule has 0 fully saturated rings. The Bertz CT molecular complexity index is 620. The number of rotatable bonds is 3. The van der Waals surface area contributed by atoms with Gasteiger partial charge in [0, 0.05) is 17.8 Å². The molecule has 0 saturated heterocycles. The number of aromatic nitrogens is 1. The number of benzene rings is 1. The minimum absolute atomic E-state index is 0.164. The predicted octanol–water partition coefficient (Wildman–Crippen LogP) is 3.74. The number of hydrogen-bond acceptors (Lipinski definition) is 2. The SMILES string of the molecule is CC(C)(C)C(NC(=O)c1ccnc(F)c1)c1ccccc1. The monoisotopic (exact) mass is 286 g/mol. The Balaban J connectivity index is 2.26. The fourth-order valence-electron chi connectivity index (χ4n) is 2.20. The molecule has 1 aromatic carbocycles. The maximum absolute atomic E-state index is 13.1. The lowest BCUT2D eigenvalue weighted by atomic mass is 9.82. The lowest BCUT2D eigenvalue weighted by Crippen LogP contribution is -2.36. The summed E-state index contributed by atoms with van der Waals surface area (Å²) in [5.74, 6) is -0.963. The van der Waals surface area contributed by atoms with Crippen LogP contribution in [0.3, 0.4) is 0 Å². The zero-order valence-electron chi connectivity index (χ0n) is 12.4. The number of halogens is 1. The van der Waals surface area contributed by atoms with Crippen molar-refractivity contribution in [3.8, 4) is 0 Å². The smallest absolute Gasteiger partial charge is 0.252 e. The predicted molar refractivity (Wildman–Crippen MR) is 80.3 cm³/mol. The van der Waals surface area contributed by atoms with Gasteiger partial charge in [0.2, 0.25) is 5.95 Å². The van der Waals surface area contributed by atoms with E-state index in [1.165, 1.54) is 12.3 Å². The molecule has 1 aromatic heterocycles. The molecule has 1 amide bonds. The van der Waals surface area contributed by atoms with Crippen LogP contribution in [0.5, 0.6) is 0 Å². The topological polar surface area (TPSA) is 42.0 Å². The average Bonchev–Trinajstić information content (AvgIpc) is 2.44. The van der Waals surface area contributed by atoms with Crippen molar-refractivity contribution >= 4 is 5.91 Å². The summed E-state index contributed by atoms with van der Waals surface area (Å²) >= 11 is 0. The number of nitrogens with one attached hydrogen (secondary N) is 1. The van der Waals surface area contributed by atoms with Crippen LogP contribution < -0.4 is 5.32 Å². The van der Waals surface area contributed by atoms with Crippen LogP contribution in [-0.4, -0.2) is 10.9 Å². The van der Waals surface area contributed by atoms with Crippen molar-refractivity contribution in [1.82, 2.24) is 10.3 Å². The van der Waals surface area contributed by atoms with Crippen molar-refractivity contribution in [3.63, 3.8) is 0 Å². The van der Waals surface area contributed by atoms with Gasteiger partial charge in [-0.2, -0.15) is 4.39 Å². The third kappa shape index (κ3) is 3.88. The van der Waals surface area contributed by atoms with E-state index < -0.39 is 5.95 Å². The van der Waals surface area contributed by atoms with Crippen LogP contribution in [0.15, 0.2) is 48.7 Å². The number of hydrogen-bond donors (Lipinski definition) is 1. The molecule has 4 heteroatoms. The summed E-state index contributed by atoms with van der Waals surface area (Å²) in [6.07, 6.45) is 1.29. The molecule has 2 rings (SSSR count). The van der Waals surface area contributed by atoms with E-state index in [-0.39, 0.29) is 22.9 Å². The normalized spacial score (nSPS) is 12.8. The van der Waals surface area contributed by atoms with Crippen molar-refractivity contribution in [2.24, 2.45) is 5.41 Å². The van der Waals surface area contributed by atoms with Crippen molar-refractivity contribution in [2.75, 3.05) is 0 Å². The van der Waals surface area contributed by atoms with E-state index in [1.54, 1.807) is 0 Å². The number of pyridine rings is 1. The van der Waals surface area contributed by atoms with Crippen LogP contribution in [0, 0.1) is 11.4 Å². The van der Waals surface area contributed by atoms with Gasteiger partial charge in [0.25, 0.3) is 5.91 Å². The van der Waals surface area contributed by atoms with Crippen LogP contribution >= 0.6 is 0 Å². The molecule has 2 aromatic rings. The molecule has 110 valence electrons. The van der Waals surface area contributed by atoms with Gasteiger partial charge in [0.05, 0.1) is 6.04 Å². The number of carbonyl (C=O) groups is 1. The van der Waals surface area contributed by atoms with Crippen LogP contribution in [-0.2, 0) is 0 Å². The van der Waals surface area contributed by atoms with Gasteiger partial charge < -0.3 is 5.32 Å². The van der Waals surface area contributed by atoms with E-state index in [2.05, 4.69) is 31.1 Å². The molecule has 0 aliphatic heterocycles. The molecule has 21 heavy (non-hydrogen) atoms. The maximum atomic E-state index is 13.1. The highest BCUT2D eigenvalue weighted by Gasteiger charge is 2.28. The van der Waals surface area contributed by atoms with Gasteiger partial charge in [-0.15, -0.1) is 0 Å². The zero-order chi connectivity index (χ0) is 15.5. The minimum atomic E-state index is -0.658. The maximum Gasteiger partial charge on any atom is 0.252 e. The molecule has 0 bridgehead atoms. The molecular formula is C17H19FN2O. The largest absolute Gasteiger partial charge is 0.345 e. The highest BCUT2D eigenvalue weighted by atomic mass is 19.1. The summed E-state index contributed by atoms with van der Waals surface area (Å²) in [5.41, 5.74) is 1.13. The quantitative estimate of drug-likeness (QED) is 0.873. The van der Waals surface area contributed by atoms with Crippen LogP contribution in [0.25, 0.3) is 0 Å². The number of amides is 1. The Morgan fingerprint density at radius 1 is 1.19 bits per heavy atom. The van der Waals surface area contributed by atoms with Crippen molar-refractivity contribution in [2.45, 2.75) is 26.8 Å². The lowest BCUT2D eigenvalue weighted by molar-refractivity contribution is 0.0901. The van der Waals surface area contributed by atoms with E-state index in [0.717, 1.165) is 11.6 Å². The van der Waals surface area contributed by atoms with Gasteiger partial charge in [0.15, 0.2) is 0 Å². The highest BCUT2D eigenvalue weighted by Crippen LogP contribution is 2.32. The Morgan fingerprint density at radius 2 is 1.86 bits per heavy atom. The molecular weight excluding hydrogens is 267 g/mol. The third-order valence-electron chi connectivity index (χ3n) is 3.26. The molecule has 0 aliphatic carbocycles. The molecule has 1 atom stereocenters. The first kappa shape index (κ1) is 15.2. The van der Waals surface area contributed by atoms with Crippen molar-refractivity contribution < 1.29 is 9.18 Å². The van der Waals surface area contributed by atoms with Gasteiger partial charge in [-0.3, -0.25) is 4.79 Å². The Kier molecular flexibility index (Phi) is 4.36. The Labute approximate surface area is 124 Å². The number of carbonyl (C=O) groups excluding carboxylic acids is 1. The van der Waals surface area contributed by atoms with Crippen molar-refractivity contribution in [1.29, 1.82) is 0 Å². The average molecular weight is 286 g/mol. The van der Waals surface area contributed by atoms with Crippen LogP contribution in [0.4, 0.5) is 4.39 Å². The standard InChI is InChI=1S/C17H19FN2O/c1-17(2,3)15(12-7-5-4-6-8-12)20-16(21)13-9-10-19-14(18)11-13/h4-11,15H,1-3H3,(H,20,21). The fraction of sp³-hybridized carbons (Fsp3) is 0.294. The van der Waals surface area contributed by atoms with E-state index >= 15 is 0 Å². The molecule has 1 unspecified atom stereocenters. The van der Waals surface area contributed by atoms with Gasteiger partial charge in [-0.1, -0.05) is 51.1 Å². The molecule has 3 nitrogen and oxygen atoms in total. The molecule has 0 spiro atoms. The van der Waals surface area contributed by atoms with Gasteiger partial charge in [-0.05, 0) is 17.0 Å². The summed E-state index contributed by atoms with van der Waals surface area (Å²) in [5, 5.41) is 2.98. The highest BCUT2D eigenvalue weighted by molar-refractivity contribution is 5.94. The van der Waals surface area contributed by atoms with E-state index in [1.807, 2.05) is 30.3 Å².